The summed E-state index contributed by atoms with van der Waals surface area (Å²) in [6.45, 7) is 0. The van der Waals surface area contributed by atoms with Crippen molar-refractivity contribution in [2.24, 2.45) is 0 Å². The number of rotatable bonds is 1. The maximum absolute atomic E-state index is 12.7. The van der Waals surface area contributed by atoms with Gasteiger partial charge in [-0.3, -0.25) is 4.79 Å². The van der Waals surface area contributed by atoms with E-state index in [4.69, 9.17) is 5.11 Å². The fourth-order valence-corrected chi connectivity index (χ4v) is 1.04. The van der Waals surface area contributed by atoms with Crippen LogP contribution in [0.25, 0.3) is 0 Å². The molecule has 0 radical (unpaired) electrons. The van der Waals surface area contributed by atoms with E-state index in [1.165, 1.54) is 6.07 Å². The van der Waals surface area contributed by atoms with E-state index < -0.39 is 5.82 Å². The molecule has 1 aromatic carbocycles. The highest BCUT2D eigenvalue weighted by Crippen LogP contribution is 2.16. The van der Waals surface area contributed by atoms with Crippen molar-refractivity contribution in [3.05, 3.63) is 23.5 Å². The Kier molecular flexibility index (Phi) is 2.20. The SMILES string of the molecule is O=Cc1c(O)cc(P)cc1F. The second-order valence-electron chi connectivity index (χ2n) is 2.05. The number of phenolic OH excluding ortho intramolecular Hbond substituents is 1. The number of hydrogen-bond donors (Lipinski definition) is 1. The van der Waals surface area contributed by atoms with Gasteiger partial charge in [0.05, 0.1) is 5.56 Å². The highest BCUT2D eigenvalue weighted by atomic mass is 31.0. The average molecular weight is 172 g/mol. The summed E-state index contributed by atoms with van der Waals surface area (Å²) in [6.07, 6.45) is 0.286. The van der Waals surface area contributed by atoms with Gasteiger partial charge in [0.1, 0.15) is 11.6 Å². The summed E-state index contributed by atoms with van der Waals surface area (Å²) in [4.78, 5) is 10.2. The molecule has 58 valence electrons. The van der Waals surface area contributed by atoms with Crippen LogP contribution in [0, 0.1) is 5.82 Å². The minimum absolute atomic E-state index is 0.286. The Morgan fingerprint density at radius 3 is 2.64 bits per heavy atom. The molecular weight excluding hydrogens is 166 g/mol. The molecule has 0 aliphatic carbocycles. The number of phenols is 1. The van der Waals surface area contributed by atoms with E-state index in [0.717, 1.165) is 6.07 Å². The van der Waals surface area contributed by atoms with E-state index in [-0.39, 0.29) is 17.6 Å². The molecule has 11 heavy (non-hydrogen) atoms. The Hall–Kier alpha value is -0.950. The van der Waals surface area contributed by atoms with Crippen LogP contribution in [0.2, 0.25) is 0 Å². The monoisotopic (exact) mass is 172 g/mol. The van der Waals surface area contributed by atoms with Crippen LogP contribution < -0.4 is 5.30 Å². The minimum Gasteiger partial charge on any atom is -0.507 e. The second kappa shape index (κ2) is 2.97. The van der Waals surface area contributed by atoms with E-state index in [9.17, 15) is 9.18 Å². The predicted octanol–water partition coefficient (Wildman–Crippen LogP) is 0.844. The molecular formula is C7H6FO2P. The third-order valence-electron chi connectivity index (χ3n) is 1.25. The molecule has 0 saturated heterocycles. The summed E-state index contributed by atoms with van der Waals surface area (Å²) in [5.41, 5.74) is -0.295. The maximum Gasteiger partial charge on any atom is 0.156 e. The summed E-state index contributed by atoms with van der Waals surface area (Å²) in [6, 6.07) is 2.46. The molecule has 0 aromatic heterocycles. The molecule has 0 heterocycles. The molecule has 4 heteroatoms. The zero-order valence-corrected chi connectivity index (χ0v) is 6.70. The molecule has 1 aromatic rings. The molecule has 0 saturated carbocycles. The van der Waals surface area contributed by atoms with E-state index in [1.807, 2.05) is 0 Å². The first kappa shape index (κ1) is 8.15. The fraction of sp³-hybridized carbons (Fsp3) is 0. The topological polar surface area (TPSA) is 37.3 Å². The van der Waals surface area contributed by atoms with Crippen molar-refractivity contribution in [2.75, 3.05) is 0 Å². The van der Waals surface area contributed by atoms with Crippen molar-refractivity contribution in [3.63, 3.8) is 0 Å². The lowest BCUT2D eigenvalue weighted by molar-refractivity contribution is 0.111. The molecule has 0 spiro atoms. The van der Waals surface area contributed by atoms with Crippen LogP contribution in [-0.4, -0.2) is 11.4 Å². The highest BCUT2D eigenvalue weighted by Gasteiger charge is 2.06. The average Bonchev–Trinajstić information content (AvgIpc) is 1.85. The zero-order valence-electron chi connectivity index (χ0n) is 5.54. The zero-order chi connectivity index (χ0) is 8.43. The molecule has 0 aliphatic heterocycles. The van der Waals surface area contributed by atoms with E-state index in [1.54, 1.807) is 0 Å². The van der Waals surface area contributed by atoms with Crippen LogP contribution in [0.3, 0.4) is 0 Å². The maximum atomic E-state index is 12.7. The predicted molar refractivity (Wildman–Crippen MR) is 42.8 cm³/mol. The number of carbonyl (C=O) groups excluding carboxylic acids is 1. The van der Waals surface area contributed by atoms with Gasteiger partial charge in [0.15, 0.2) is 6.29 Å². The van der Waals surface area contributed by atoms with Crippen molar-refractivity contribution >= 4 is 20.8 Å². The first-order valence-corrected chi connectivity index (χ1v) is 3.46. The Morgan fingerprint density at radius 1 is 1.55 bits per heavy atom. The summed E-state index contributed by atoms with van der Waals surface area (Å²) >= 11 is 0. The highest BCUT2D eigenvalue weighted by molar-refractivity contribution is 7.27. The Balaban J connectivity index is 3.36. The standard InChI is InChI=1S/C7H6FO2P/c8-6-1-4(11)2-7(10)5(6)3-9/h1-3,10H,11H2. The summed E-state index contributed by atoms with van der Waals surface area (Å²) in [7, 11) is 2.22. The van der Waals surface area contributed by atoms with Crippen LogP contribution >= 0.6 is 9.24 Å². The molecule has 0 aliphatic rings. The summed E-state index contributed by atoms with van der Waals surface area (Å²) in [5, 5.41) is 9.49. The van der Waals surface area contributed by atoms with Gasteiger partial charge >= 0.3 is 0 Å². The minimum atomic E-state index is -0.704. The Labute approximate surface area is 65.2 Å². The van der Waals surface area contributed by atoms with Gasteiger partial charge < -0.3 is 5.11 Å². The number of carbonyl (C=O) groups is 1. The van der Waals surface area contributed by atoms with Crippen LogP contribution in [0.4, 0.5) is 4.39 Å². The van der Waals surface area contributed by atoms with Gasteiger partial charge in [0.2, 0.25) is 0 Å². The van der Waals surface area contributed by atoms with Crippen molar-refractivity contribution < 1.29 is 14.3 Å². The molecule has 1 unspecified atom stereocenters. The van der Waals surface area contributed by atoms with Gasteiger partial charge in [-0.2, -0.15) is 0 Å². The number of benzene rings is 1. The molecule has 1 rings (SSSR count). The lowest BCUT2D eigenvalue weighted by Gasteiger charge is -1.99. The molecule has 1 N–H and O–H groups in total. The van der Waals surface area contributed by atoms with E-state index >= 15 is 0 Å². The van der Waals surface area contributed by atoms with Gasteiger partial charge in [-0.25, -0.2) is 4.39 Å². The number of halogens is 1. The largest absolute Gasteiger partial charge is 0.507 e. The smallest absolute Gasteiger partial charge is 0.156 e. The number of aromatic hydroxyl groups is 1. The number of aldehydes is 1. The quantitative estimate of drug-likeness (QED) is 0.503. The third-order valence-corrected chi connectivity index (χ3v) is 1.58. The molecule has 0 amide bonds. The molecule has 0 bridgehead atoms. The van der Waals surface area contributed by atoms with Crippen molar-refractivity contribution in [2.45, 2.75) is 0 Å². The Morgan fingerprint density at radius 2 is 2.18 bits per heavy atom. The van der Waals surface area contributed by atoms with Crippen molar-refractivity contribution in [1.82, 2.24) is 0 Å². The van der Waals surface area contributed by atoms with E-state index in [2.05, 4.69) is 9.24 Å². The van der Waals surface area contributed by atoms with E-state index in [0.29, 0.717) is 5.30 Å². The van der Waals surface area contributed by atoms with Gasteiger partial charge in [-0.05, 0) is 17.4 Å². The number of hydrogen-bond acceptors (Lipinski definition) is 2. The van der Waals surface area contributed by atoms with Crippen molar-refractivity contribution in [1.29, 1.82) is 0 Å². The molecule has 2 nitrogen and oxygen atoms in total. The Bertz CT molecular complexity index is 275. The summed E-state index contributed by atoms with van der Waals surface area (Å²) in [5.74, 6) is -1.03. The summed E-state index contributed by atoms with van der Waals surface area (Å²) < 4.78 is 12.7. The van der Waals surface area contributed by atoms with Crippen LogP contribution in [0.1, 0.15) is 10.4 Å². The van der Waals surface area contributed by atoms with Gasteiger partial charge in [-0.1, -0.05) is 0 Å². The first-order valence-electron chi connectivity index (χ1n) is 2.88. The fourth-order valence-electron chi connectivity index (χ4n) is 0.740. The first-order chi connectivity index (χ1) is 5.15. The van der Waals surface area contributed by atoms with Gasteiger partial charge in [-0.15, -0.1) is 9.24 Å². The van der Waals surface area contributed by atoms with Gasteiger partial charge in [0, 0.05) is 0 Å². The second-order valence-corrected chi connectivity index (χ2v) is 2.72. The van der Waals surface area contributed by atoms with Crippen LogP contribution in [0.5, 0.6) is 5.75 Å². The molecule has 0 fully saturated rings. The third kappa shape index (κ3) is 1.55. The molecule has 1 atom stereocenters. The van der Waals surface area contributed by atoms with Gasteiger partial charge in [0.25, 0.3) is 0 Å². The van der Waals surface area contributed by atoms with Crippen molar-refractivity contribution in [3.8, 4) is 5.75 Å². The normalized spacial score (nSPS) is 9.64. The lowest BCUT2D eigenvalue weighted by Crippen LogP contribution is -1.96. The lowest BCUT2D eigenvalue weighted by atomic mass is 10.2. The van der Waals surface area contributed by atoms with Crippen LogP contribution in [0.15, 0.2) is 12.1 Å². The van der Waals surface area contributed by atoms with Crippen LogP contribution in [-0.2, 0) is 0 Å².